The second-order valence-corrected chi connectivity index (χ2v) is 6.46. The van der Waals surface area contributed by atoms with E-state index in [2.05, 4.69) is 20.6 Å². The summed E-state index contributed by atoms with van der Waals surface area (Å²) in [6.45, 7) is 0. The molecule has 1 aromatic carbocycles. The number of aromatic hydroxyl groups is 1. The number of aromatic nitrogens is 3. The summed E-state index contributed by atoms with van der Waals surface area (Å²) in [6.07, 6.45) is 5.60. The summed E-state index contributed by atoms with van der Waals surface area (Å²) in [7, 11) is 1.47. The Morgan fingerprint density at radius 3 is 2.73 bits per heavy atom. The number of aliphatic carboxylic acids is 1. The zero-order valence-corrected chi connectivity index (χ0v) is 15.9. The second kappa shape index (κ2) is 8.86. The molecule has 0 radical (unpaired) electrons. The predicted octanol–water partition coefficient (Wildman–Crippen LogP) is 1.89. The molecule has 154 valence electrons. The molecule has 0 aliphatic heterocycles. The van der Waals surface area contributed by atoms with Gasteiger partial charge in [0.2, 0.25) is 0 Å². The van der Waals surface area contributed by atoms with E-state index in [-0.39, 0.29) is 5.69 Å². The highest BCUT2D eigenvalue weighted by molar-refractivity contribution is 5.91. The Hall–Kier alpha value is -4.21. The molecule has 0 fully saturated rings. The molecule has 1 unspecified atom stereocenters. The lowest BCUT2D eigenvalue weighted by molar-refractivity contribution is -0.137. The number of aryl methyl sites for hydroxylation is 1. The van der Waals surface area contributed by atoms with Crippen LogP contribution in [0.25, 0.3) is 11.3 Å². The third-order valence-corrected chi connectivity index (χ3v) is 4.32. The highest BCUT2D eigenvalue weighted by Crippen LogP contribution is 2.24. The maximum atomic E-state index is 12.5. The van der Waals surface area contributed by atoms with Crippen molar-refractivity contribution >= 4 is 17.7 Å². The van der Waals surface area contributed by atoms with Crippen LogP contribution >= 0.6 is 0 Å². The zero-order chi connectivity index (χ0) is 21.7. The van der Waals surface area contributed by atoms with Gasteiger partial charge in [0.1, 0.15) is 5.75 Å². The third kappa shape index (κ3) is 4.79. The minimum absolute atomic E-state index is 0.306. The largest absolute Gasteiger partial charge is 0.505 e. The van der Waals surface area contributed by atoms with E-state index in [0.717, 1.165) is 0 Å². The number of carboxylic acid groups (broad SMARTS) is 1. The topological polar surface area (TPSA) is 146 Å². The Morgan fingerprint density at radius 2 is 2.03 bits per heavy atom. The fourth-order valence-electron chi connectivity index (χ4n) is 2.83. The Bertz CT molecular complexity index is 1130. The first-order chi connectivity index (χ1) is 14.3. The van der Waals surface area contributed by atoms with E-state index in [9.17, 15) is 24.6 Å². The first-order valence-corrected chi connectivity index (χ1v) is 8.89. The minimum atomic E-state index is -1.12. The number of pyridine rings is 1. The number of hydrogen-bond donors (Lipinski definition) is 4. The van der Waals surface area contributed by atoms with Crippen LogP contribution in [0.3, 0.4) is 0 Å². The number of carboxylic acids is 1. The van der Waals surface area contributed by atoms with E-state index in [1.807, 2.05) is 0 Å². The molecular formula is C20H19N5O5. The maximum absolute atomic E-state index is 12.5. The van der Waals surface area contributed by atoms with Gasteiger partial charge in [-0.25, -0.2) is 4.79 Å². The SMILES string of the molecule is Cn1ccc(O)c(NC(=O)NC(CC(=O)O)c2cccc(-c3cnccn3)c2)c1=O. The quantitative estimate of drug-likeness (QED) is 0.486. The van der Waals surface area contributed by atoms with Crippen molar-refractivity contribution in [1.82, 2.24) is 19.9 Å². The van der Waals surface area contributed by atoms with E-state index < -0.39 is 35.8 Å². The first kappa shape index (κ1) is 20.5. The average Bonchev–Trinajstić information content (AvgIpc) is 2.74. The Labute approximate surface area is 170 Å². The van der Waals surface area contributed by atoms with E-state index in [1.165, 1.54) is 36.3 Å². The van der Waals surface area contributed by atoms with Crippen LogP contribution in [-0.4, -0.2) is 36.7 Å². The Kier molecular flexibility index (Phi) is 6.06. The standard InChI is InChI=1S/C20H19N5O5/c1-25-8-5-16(26)18(19(25)29)24-20(30)23-14(10-17(27)28)12-3-2-4-13(9-12)15-11-21-6-7-22-15/h2-9,11,14,26H,10H2,1H3,(H,27,28)(H2,23,24,30). The zero-order valence-electron chi connectivity index (χ0n) is 15.9. The van der Waals surface area contributed by atoms with Crippen LogP contribution in [0.1, 0.15) is 18.0 Å². The number of carbonyl (C=O) groups excluding carboxylic acids is 1. The van der Waals surface area contributed by atoms with Gasteiger partial charge in [-0.1, -0.05) is 18.2 Å². The molecule has 4 N–H and O–H groups in total. The normalized spacial score (nSPS) is 11.5. The Balaban J connectivity index is 1.85. The van der Waals surface area contributed by atoms with Gasteiger partial charge in [-0.2, -0.15) is 0 Å². The summed E-state index contributed by atoms with van der Waals surface area (Å²) in [5.74, 6) is -1.52. The highest BCUT2D eigenvalue weighted by atomic mass is 16.4. The van der Waals surface area contributed by atoms with Crippen LogP contribution in [0.5, 0.6) is 5.75 Å². The number of amides is 2. The monoisotopic (exact) mass is 409 g/mol. The molecule has 2 amide bonds. The Morgan fingerprint density at radius 1 is 1.23 bits per heavy atom. The van der Waals surface area contributed by atoms with Crippen molar-refractivity contribution in [3.8, 4) is 17.0 Å². The lowest BCUT2D eigenvalue weighted by atomic mass is 10.00. The van der Waals surface area contributed by atoms with E-state index in [4.69, 9.17) is 0 Å². The van der Waals surface area contributed by atoms with Crippen LogP contribution in [0.15, 0.2) is 59.9 Å². The van der Waals surface area contributed by atoms with Crippen molar-refractivity contribution in [2.24, 2.45) is 7.05 Å². The summed E-state index contributed by atoms with van der Waals surface area (Å²) < 4.78 is 1.19. The van der Waals surface area contributed by atoms with E-state index >= 15 is 0 Å². The molecule has 0 aliphatic rings. The van der Waals surface area contributed by atoms with E-state index in [1.54, 1.807) is 30.5 Å². The average molecular weight is 409 g/mol. The molecule has 0 aliphatic carbocycles. The van der Waals surface area contributed by atoms with Crippen LogP contribution < -0.4 is 16.2 Å². The van der Waals surface area contributed by atoms with Gasteiger partial charge < -0.3 is 25.4 Å². The van der Waals surface area contributed by atoms with Crippen molar-refractivity contribution in [2.45, 2.75) is 12.5 Å². The molecule has 0 spiro atoms. The second-order valence-electron chi connectivity index (χ2n) is 6.46. The molecule has 10 nitrogen and oxygen atoms in total. The molecule has 2 aromatic heterocycles. The number of benzene rings is 1. The highest BCUT2D eigenvalue weighted by Gasteiger charge is 2.20. The third-order valence-electron chi connectivity index (χ3n) is 4.32. The smallest absolute Gasteiger partial charge is 0.319 e. The molecule has 3 rings (SSSR count). The van der Waals surface area contributed by atoms with Gasteiger partial charge in [-0.3, -0.25) is 19.6 Å². The van der Waals surface area contributed by atoms with Gasteiger partial charge in [-0.05, 0) is 17.7 Å². The fraction of sp³-hybridized carbons (Fsp3) is 0.150. The van der Waals surface area contributed by atoms with Gasteiger partial charge in [0.15, 0.2) is 5.69 Å². The number of hydrogen-bond acceptors (Lipinski definition) is 6. The summed E-state index contributed by atoms with van der Waals surface area (Å²) in [6, 6.07) is 6.42. The van der Waals surface area contributed by atoms with Crippen molar-refractivity contribution < 1.29 is 19.8 Å². The lowest BCUT2D eigenvalue weighted by Crippen LogP contribution is -2.36. The van der Waals surface area contributed by atoms with Crippen LogP contribution in [-0.2, 0) is 11.8 Å². The van der Waals surface area contributed by atoms with Crippen molar-refractivity contribution in [1.29, 1.82) is 0 Å². The van der Waals surface area contributed by atoms with Gasteiger partial charge in [0, 0.05) is 31.2 Å². The maximum Gasteiger partial charge on any atom is 0.319 e. The summed E-state index contributed by atoms with van der Waals surface area (Å²) in [5.41, 5.74) is 0.911. The molecule has 0 bridgehead atoms. The molecule has 3 aromatic rings. The molecular weight excluding hydrogens is 390 g/mol. The number of nitrogens with zero attached hydrogens (tertiary/aromatic N) is 3. The van der Waals surface area contributed by atoms with Crippen molar-refractivity contribution in [3.05, 3.63) is 71.0 Å². The lowest BCUT2D eigenvalue weighted by Gasteiger charge is -2.19. The molecule has 0 saturated carbocycles. The van der Waals surface area contributed by atoms with Crippen LogP contribution in [0, 0.1) is 0 Å². The van der Waals surface area contributed by atoms with Crippen molar-refractivity contribution in [3.63, 3.8) is 0 Å². The number of nitrogens with one attached hydrogen (secondary N) is 2. The molecule has 2 heterocycles. The van der Waals surface area contributed by atoms with Crippen molar-refractivity contribution in [2.75, 3.05) is 5.32 Å². The molecule has 0 saturated heterocycles. The van der Waals surface area contributed by atoms with Gasteiger partial charge in [-0.15, -0.1) is 0 Å². The molecule has 30 heavy (non-hydrogen) atoms. The van der Waals surface area contributed by atoms with Gasteiger partial charge in [0.05, 0.1) is 24.4 Å². The summed E-state index contributed by atoms with van der Waals surface area (Å²) >= 11 is 0. The molecule has 10 heteroatoms. The number of carbonyl (C=O) groups is 2. The predicted molar refractivity (Wildman–Crippen MR) is 108 cm³/mol. The fourth-order valence-corrected chi connectivity index (χ4v) is 2.83. The minimum Gasteiger partial charge on any atom is -0.505 e. The van der Waals surface area contributed by atoms with E-state index in [0.29, 0.717) is 16.8 Å². The van der Waals surface area contributed by atoms with Crippen LogP contribution in [0.2, 0.25) is 0 Å². The molecule has 1 atom stereocenters. The van der Waals surface area contributed by atoms with Gasteiger partial charge in [0.25, 0.3) is 5.56 Å². The first-order valence-electron chi connectivity index (χ1n) is 8.89. The number of rotatable bonds is 6. The summed E-state index contributed by atoms with van der Waals surface area (Å²) in [4.78, 5) is 44.1. The van der Waals surface area contributed by atoms with Crippen LogP contribution in [0.4, 0.5) is 10.5 Å². The number of anilines is 1. The summed E-state index contributed by atoms with van der Waals surface area (Å²) in [5, 5.41) is 24.0. The number of urea groups is 1. The van der Waals surface area contributed by atoms with Gasteiger partial charge >= 0.3 is 12.0 Å².